The van der Waals surface area contributed by atoms with E-state index in [1.165, 1.54) is 25.8 Å². The van der Waals surface area contributed by atoms with Gasteiger partial charge < -0.3 is 19.7 Å². The summed E-state index contributed by atoms with van der Waals surface area (Å²) in [6.07, 6.45) is 4.32. The highest BCUT2D eigenvalue weighted by atomic mass is 16.5. The average molecular weight is 291 g/mol. The van der Waals surface area contributed by atoms with Gasteiger partial charge in [-0.3, -0.25) is 0 Å². The standard InChI is InChI=1S/C12H13N5O4/c1-21-12(20)10-14-3-2-9(16-10)13-4-5-17-6-8(11(18)19)15-7-17/h2-3,6-7H,4-5H2,1H3,(H,18,19)(H,13,14,16). The van der Waals surface area contributed by atoms with Gasteiger partial charge in [-0.25, -0.2) is 24.5 Å². The fourth-order valence-corrected chi connectivity index (χ4v) is 1.55. The van der Waals surface area contributed by atoms with Crippen molar-refractivity contribution in [1.82, 2.24) is 19.5 Å². The van der Waals surface area contributed by atoms with Gasteiger partial charge in [0, 0.05) is 25.5 Å². The van der Waals surface area contributed by atoms with Gasteiger partial charge in [0.2, 0.25) is 5.82 Å². The molecule has 9 heteroatoms. The van der Waals surface area contributed by atoms with Gasteiger partial charge in [0.25, 0.3) is 0 Å². The van der Waals surface area contributed by atoms with Crippen LogP contribution in [0, 0.1) is 0 Å². The fourth-order valence-electron chi connectivity index (χ4n) is 1.55. The number of carboxylic acids is 1. The number of aromatic carboxylic acids is 1. The molecule has 9 nitrogen and oxygen atoms in total. The Kier molecular flexibility index (Phi) is 4.44. The van der Waals surface area contributed by atoms with E-state index in [1.807, 2.05) is 0 Å². The molecule has 2 aromatic heterocycles. The van der Waals surface area contributed by atoms with Crippen LogP contribution in [0.2, 0.25) is 0 Å². The van der Waals surface area contributed by atoms with Gasteiger partial charge in [0.05, 0.1) is 13.4 Å². The number of rotatable bonds is 6. The number of ether oxygens (including phenoxy) is 1. The Bertz CT molecular complexity index is 655. The van der Waals surface area contributed by atoms with Crippen molar-refractivity contribution < 1.29 is 19.4 Å². The number of hydrogen-bond donors (Lipinski definition) is 2. The Labute approximate surface area is 119 Å². The minimum Gasteiger partial charge on any atom is -0.476 e. The van der Waals surface area contributed by atoms with Crippen molar-refractivity contribution in [2.75, 3.05) is 19.0 Å². The summed E-state index contributed by atoms with van der Waals surface area (Å²) in [6.45, 7) is 0.977. The molecule has 0 unspecified atom stereocenters. The molecule has 2 rings (SSSR count). The van der Waals surface area contributed by atoms with Gasteiger partial charge in [-0.05, 0) is 6.07 Å². The number of hydrogen-bond acceptors (Lipinski definition) is 7. The van der Waals surface area contributed by atoms with Gasteiger partial charge in [-0.2, -0.15) is 0 Å². The number of nitrogens with one attached hydrogen (secondary N) is 1. The minimum atomic E-state index is -1.07. The van der Waals surface area contributed by atoms with E-state index in [0.29, 0.717) is 18.9 Å². The van der Waals surface area contributed by atoms with Crippen molar-refractivity contribution in [3.05, 3.63) is 36.3 Å². The van der Waals surface area contributed by atoms with Crippen LogP contribution in [0.1, 0.15) is 21.1 Å². The first-order valence-corrected chi connectivity index (χ1v) is 6.00. The highest BCUT2D eigenvalue weighted by Crippen LogP contribution is 2.03. The summed E-state index contributed by atoms with van der Waals surface area (Å²) >= 11 is 0. The van der Waals surface area contributed by atoms with Crippen molar-refractivity contribution in [3.63, 3.8) is 0 Å². The van der Waals surface area contributed by atoms with E-state index in [1.54, 1.807) is 10.6 Å². The molecule has 0 spiro atoms. The molecule has 2 aromatic rings. The minimum absolute atomic E-state index is 0.00925. The predicted molar refractivity (Wildman–Crippen MR) is 71.0 cm³/mol. The van der Waals surface area contributed by atoms with E-state index >= 15 is 0 Å². The normalized spacial score (nSPS) is 10.1. The predicted octanol–water partition coefficient (Wildman–Crippen LogP) is 0.270. The van der Waals surface area contributed by atoms with Crippen LogP contribution < -0.4 is 5.32 Å². The molecule has 0 saturated carbocycles. The van der Waals surface area contributed by atoms with Crippen molar-refractivity contribution >= 4 is 17.8 Å². The second-order valence-corrected chi connectivity index (χ2v) is 3.99. The zero-order valence-corrected chi connectivity index (χ0v) is 11.2. The molecular weight excluding hydrogens is 278 g/mol. The fraction of sp³-hybridized carbons (Fsp3) is 0.250. The molecule has 110 valence electrons. The van der Waals surface area contributed by atoms with Gasteiger partial charge in [-0.15, -0.1) is 0 Å². The zero-order valence-electron chi connectivity index (χ0n) is 11.2. The summed E-state index contributed by atoms with van der Waals surface area (Å²) < 4.78 is 6.17. The second kappa shape index (κ2) is 6.46. The first-order valence-electron chi connectivity index (χ1n) is 6.00. The lowest BCUT2D eigenvalue weighted by molar-refractivity contribution is 0.0586. The van der Waals surface area contributed by atoms with Gasteiger partial charge in [0.1, 0.15) is 5.82 Å². The van der Waals surface area contributed by atoms with E-state index in [4.69, 9.17) is 5.11 Å². The van der Waals surface area contributed by atoms with Gasteiger partial charge in [-0.1, -0.05) is 0 Å². The number of esters is 1. The van der Waals surface area contributed by atoms with Crippen LogP contribution in [-0.2, 0) is 11.3 Å². The third-order valence-electron chi connectivity index (χ3n) is 2.55. The number of carbonyl (C=O) groups is 2. The molecular formula is C12H13N5O4. The van der Waals surface area contributed by atoms with Crippen molar-refractivity contribution in [1.29, 1.82) is 0 Å². The van der Waals surface area contributed by atoms with Crippen LogP contribution >= 0.6 is 0 Å². The number of methoxy groups -OCH3 is 1. The molecule has 2 N–H and O–H groups in total. The molecule has 0 fully saturated rings. The summed E-state index contributed by atoms with van der Waals surface area (Å²) in [5.74, 6) is -1.23. The molecule has 21 heavy (non-hydrogen) atoms. The summed E-state index contributed by atoms with van der Waals surface area (Å²) in [7, 11) is 1.25. The maximum Gasteiger partial charge on any atom is 0.376 e. The van der Waals surface area contributed by atoms with Crippen LogP contribution in [0.15, 0.2) is 24.8 Å². The molecule has 0 atom stereocenters. The molecule has 0 aliphatic rings. The quantitative estimate of drug-likeness (QED) is 0.728. The van der Waals surface area contributed by atoms with Crippen molar-refractivity contribution in [2.24, 2.45) is 0 Å². The third kappa shape index (κ3) is 3.75. The molecule has 0 bridgehead atoms. The Morgan fingerprint density at radius 1 is 1.43 bits per heavy atom. The molecule has 0 saturated heterocycles. The van der Waals surface area contributed by atoms with E-state index < -0.39 is 11.9 Å². The molecule has 2 heterocycles. The van der Waals surface area contributed by atoms with Gasteiger partial charge in [0.15, 0.2) is 5.69 Å². The summed E-state index contributed by atoms with van der Waals surface area (Å²) in [6, 6.07) is 1.61. The van der Waals surface area contributed by atoms with Crippen molar-refractivity contribution in [3.8, 4) is 0 Å². The second-order valence-electron chi connectivity index (χ2n) is 3.99. The molecule has 0 amide bonds. The Morgan fingerprint density at radius 2 is 2.24 bits per heavy atom. The lowest BCUT2D eigenvalue weighted by Crippen LogP contribution is -2.13. The first-order chi connectivity index (χ1) is 10.1. The summed E-state index contributed by atoms with van der Waals surface area (Å²) in [4.78, 5) is 33.5. The Balaban J connectivity index is 1.91. The lowest BCUT2D eigenvalue weighted by Gasteiger charge is -2.06. The number of aromatic nitrogens is 4. The molecule has 0 aliphatic heterocycles. The number of anilines is 1. The topological polar surface area (TPSA) is 119 Å². The summed E-state index contributed by atoms with van der Waals surface area (Å²) in [5, 5.41) is 11.8. The summed E-state index contributed by atoms with van der Waals surface area (Å²) in [5.41, 5.74) is -0.00925. The average Bonchev–Trinajstić information content (AvgIpc) is 2.96. The number of carbonyl (C=O) groups excluding carboxylic acids is 1. The SMILES string of the molecule is COC(=O)c1nccc(NCCn2cnc(C(=O)O)c2)n1. The highest BCUT2D eigenvalue weighted by molar-refractivity contribution is 5.85. The van der Waals surface area contributed by atoms with Crippen LogP contribution in [-0.4, -0.2) is 50.2 Å². The number of carboxylic acid groups (broad SMARTS) is 1. The number of nitrogens with zero attached hydrogens (tertiary/aromatic N) is 4. The Hall–Kier alpha value is -2.97. The smallest absolute Gasteiger partial charge is 0.376 e. The van der Waals surface area contributed by atoms with Crippen LogP contribution in [0.3, 0.4) is 0 Å². The maximum absolute atomic E-state index is 11.3. The molecule has 0 aliphatic carbocycles. The highest BCUT2D eigenvalue weighted by Gasteiger charge is 2.09. The van der Waals surface area contributed by atoms with Crippen molar-refractivity contribution in [2.45, 2.75) is 6.54 Å². The van der Waals surface area contributed by atoms with E-state index in [-0.39, 0.29) is 11.5 Å². The van der Waals surface area contributed by atoms with E-state index in [2.05, 4.69) is 25.0 Å². The van der Waals surface area contributed by atoms with Crippen LogP contribution in [0.25, 0.3) is 0 Å². The first kappa shape index (κ1) is 14.4. The van der Waals surface area contributed by atoms with Crippen LogP contribution in [0.4, 0.5) is 5.82 Å². The molecule has 0 radical (unpaired) electrons. The van der Waals surface area contributed by atoms with E-state index in [9.17, 15) is 9.59 Å². The lowest BCUT2D eigenvalue weighted by atomic mass is 10.5. The third-order valence-corrected chi connectivity index (χ3v) is 2.55. The zero-order chi connectivity index (χ0) is 15.2. The monoisotopic (exact) mass is 291 g/mol. The van der Waals surface area contributed by atoms with Gasteiger partial charge >= 0.3 is 11.9 Å². The maximum atomic E-state index is 11.3. The largest absolute Gasteiger partial charge is 0.476 e. The Morgan fingerprint density at radius 3 is 2.90 bits per heavy atom. The van der Waals surface area contributed by atoms with Crippen LogP contribution in [0.5, 0.6) is 0 Å². The molecule has 0 aromatic carbocycles. The number of imidazole rings is 1. The van der Waals surface area contributed by atoms with E-state index in [0.717, 1.165) is 0 Å².